The van der Waals surface area contributed by atoms with Gasteiger partial charge in [-0.1, -0.05) is 60.1 Å². The van der Waals surface area contributed by atoms with Crippen molar-refractivity contribution in [3.63, 3.8) is 0 Å². The summed E-state index contributed by atoms with van der Waals surface area (Å²) in [6, 6.07) is 38.7. The van der Waals surface area contributed by atoms with E-state index < -0.39 is 19.5 Å². The summed E-state index contributed by atoms with van der Waals surface area (Å²) in [5, 5.41) is 33.7. The Morgan fingerprint density at radius 1 is 0.808 bits per heavy atom. The number of nitro benzene ring substituents is 1. The van der Waals surface area contributed by atoms with Crippen molar-refractivity contribution in [3.05, 3.63) is 153 Å². The molecule has 2 N–H and O–H groups in total. The molecular weight excluding hydrogens is 983 g/mol. The molecule has 0 radical (unpaired) electrons. The van der Waals surface area contributed by atoms with Gasteiger partial charge in [0.15, 0.2) is 0 Å². The Hall–Kier alpha value is -6.09. The molecule has 0 amide bonds. The Bertz CT molecular complexity index is 2990. The molecule has 1 aromatic heterocycles. The summed E-state index contributed by atoms with van der Waals surface area (Å²) in [6.07, 6.45) is 2.50. The number of halogens is 1. The van der Waals surface area contributed by atoms with E-state index >= 15 is 0 Å². The first-order chi connectivity index (χ1) is 35.2. The monoisotopic (exact) mass is 1040 g/mol. The van der Waals surface area contributed by atoms with Crippen molar-refractivity contribution in [3.8, 4) is 22.4 Å². The number of hydrogen-bond acceptors (Lipinski definition) is 10. The third kappa shape index (κ3) is 11.4. The van der Waals surface area contributed by atoms with E-state index in [9.17, 15) is 34.5 Å². The molecule has 3 aliphatic rings. The number of benzene rings is 5. The van der Waals surface area contributed by atoms with E-state index in [0.29, 0.717) is 53.3 Å². The minimum absolute atomic E-state index is 0.0123. The predicted octanol–water partition coefficient (Wildman–Crippen LogP) is 11.8. The summed E-state index contributed by atoms with van der Waals surface area (Å²) in [4.78, 5) is 44.9. The Morgan fingerprint density at radius 2 is 1.48 bits per heavy atom. The molecule has 382 valence electrons. The fourth-order valence-electron chi connectivity index (χ4n) is 10.8. The fraction of sp³-hybridized carbons (Fsp3) is 0.357. The molecule has 14 nitrogen and oxygen atoms in total. The maximum absolute atomic E-state index is 14.9. The molecule has 0 bridgehead atoms. The number of carboxylic acid groups (broad SMARTS) is 2. The van der Waals surface area contributed by atoms with Gasteiger partial charge < -0.3 is 34.0 Å². The number of piperazine rings is 1. The molecule has 2 atom stereocenters. The average molecular weight is 1050 g/mol. The van der Waals surface area contributed by atoms with Crippen LogP contribution in [0.15, 0.2) is 126 Å². The van der Waals surface area contributed by atoms with Gasteiger partial charge in [0, 0.05) is 87.8 Å². The molecule has 9 rings (SSSR count). The van der Waals surface area contributed by atoms with Crippen LogP contribution in [0.5, 0.6) is 0 Å². The van der Waals surface area contributed by atoms with Gasteiger partial charge in [0.1, 0.15) is 0 Å². The summed E-state index contributed by atoms with van der Waals surface area (Å²) in [7, 11) is -3.71. The number of hydrogen-bond donors (Lipinski definition) is 2. The predicted molar refractivity (Wildman–Crippen MR) is 293 cm³/mol. The largest absolute Gasteiger partial charge is 0.481 e. The first-order valence-electron chi connectivity index (χ1n) is 25.1. The van der Waals surface area contributed by atoms with Gasteiger partial charge in [-0.25, -0.2) is 4.79 Å². The smallest absolute Gasteiger partial charge is 0.338 e. The van der Waals surface area contributed by atoms with E-state index in [2.05, 4.69) is 57.4 Å². The fourth-order valence-corrected chi connectivity index (χ4v) is 14.2. The maximum atomic E-state index is 14.9. The molecule has 3 saturated heterocycles. The number of aliphatic carboxylic acids is 1. The Balaban J connectivity index is 0.880. The molecule has 0 aliphatic carbocycles. The number of rotatable bonds is 18. The number of carbonyl (C=O) groups is 2. The number of nitro groups is 1. The van der Waals surface area contributed by atoms with Gasteiger partial charge in [-0.3, -0.25) is 24.1 Å². The lowest BCUT2D eigenvalue weighted by Gasteiger charge is -2.37. The zero-order valence-electron chi connectivity index (χ0n) is 41.4. The Labute approximate surface area is 436 Å². The first-order valence-corrected chi connectivity index (χ1v) is 28.0. The van der Waals surface area contributed by atoms with Gasteiger partial charge in [-0.15, -0.1) is 11.8 Å². The summed E-state index contributed by atoms with van der Waals surface area (Å²) >= 11 is 8.01. The number of anilines is 3. The lowest BCUT2D eigenvalue weighted by molar-refractivity contribution is -0.385. The van der Waals surface area contributed by atoms with Gasteiger partial charge in [-0.2, -0.15) is 0 Å². The standard InChI is InChI=1S/C56H62ClN6O8PS/c1-38(2)62-39(3)52(56(66)67)53(54(62)41-12-15-45(57)16-13-41)44-8-7-9-48(35-44)60-30-28-59(29-31-60)46-17-19-47(20-18-46)61-32-33-71-72(61,70)49-21-14-43(51(36-49)63(68)69)34-40(37-73-50-10-5-4-6-11-50)22-25-58-26-23-42(24-27-58)55(64)65/h4-21,35-36,38,40,42H,22-34,37H2,1-3H3,(H,64,65)(H,66,67)/t40-,72+/m0/s1. The van der Waals surface area contributed by atoms with Crippen LogP contribution in [-0.4, -0.2) is 101 Å². The molecule has 0 saturated carbocycles. The molecule has 17 heteroatoms. The number of thioether (sulfide) groups is 1. The number of piperidine rings is 1. The lowest BCUT2D eigenvalue weighted by Crippen LogP contribution is -2.46. The Kier molecular flexibility index (Phi) is 16.0. The number of nitrogens with zero attached hydrogens (tertiary/aromatic N) is 6. The number of likely N-dealkylation sites (tertiary alicyclic amines) is 1. The highest BCUT2D eigenvalue weighted by molar-refractivity contribution is 7.99. The Morgan fingerprint density at radius 3 is 2.12 bits per heavy atom. The summed E-state index contributed by atoms with van der Waals surface area (Å²) < 4.78 is 24.8. The van der Waals surface area contributed by atoms with Crippen molar-refractivity contribution in [1.29, 1.82) is 0 Å². The first kappa shape index (κ1) is 51.8. The quantitative estimate of drug-likeness (QED) is 0.0362. The van der Waals surface area contributed by atoms with Crippen molar-refractivity contribution in [1.82, 2.24) is 9.47 Å². The topological polar surface area (TPSA) is 162 Å². The zero-order valence-corrected chi connectivity index (χ0v) is 43.9. The molecule has 3 aliphatic heterocycles. The highest BCUT2D eigenvalue weighted by atomic mass is 35.5. The van der Waals surface area contributed by atoms with E-state index in [1.807, 2.05) is 85.8 Å². The zero-order chi connectivity index (χ0) is 51.4. The van der Waals surface area contributed by atoms with Gasteiger partial charge in [-0.05, 0) is 150 Å². The van der Waals surface area contributed by atoms with Crippen LogP contribution in [0.4, 0.5) is 22.7 Å². The van der Waals surface area contributed by atoms with Crippen LogP contribution in [0.25, 0.3) is 22.4 Å². The van der Waals surface area contributed by atoms with Crippen LogP contribution < -0.4 is 19.8 Å². The van der Waals surface area contributed by atoms with Crippen LogP contribution in [-0.2, 0) is 20.3 Å². The lowest BCUT2D eigenvalue weighted by atomic mass is 9.94. The minimum atomic E-state index is -3.71. The van der Waals surface area contributed by atoms with Crippen LogP contribution in [0.1, 0.15) is 60.8 Å². The second-order valence-electron chi connectivity index (χ2n) is 19.5. The van der Waals surface area contributed by atoms with Crippen molar-refractivity contribution >= 4 is 70.9 Å². The summed E-state index contributed by atoms with van der Waals surface area (Å²) in [5.74, 6) is -1.18. The molecular formula is C56H62ClN6O8PS. The van der Waals surface area contributed by atoms with Crippen LogP contribution in [0.3, 0.4) is 0 Å². The van der Waals surface area contributed by atoms with Crippen molar-refractivity contribution in [2.45, 2.75) is 57.4 Å². The van der Waals surface area contributed by atoms with E-state index in [4.69, 9.17) is 16.1 Å². The van der Waals surface area contributed by atoms with Crippen molar-refractivity contribution in [2.24, 2.45) is 11.8 Å². The van der Waals surface area contributed by atoms with E-state index in [1.165, 1.54) is 6.07 Å². The average Bonchev–Trinajstić information content (AvgIpc) is 3.95. The molecule has 3 fully saturated rings. The number of carboxylic acids is 2. The van der Waals surface area contributed by atoms with Crippen molar-refractivity contribution < 1.29 is 33.8 Å². The second-order valence-corrected chi connectivity index (χ2v) is 23.3. The number of aromatic carboxylic acids is 1. The van der Waals surface area contributed by atoms with Crippen LogP contribution in [0, 0.1) is 28.9 Å². The van der Waals surface area contributed by atoms with E-state index in [0.717, 1.165) is 91.1 Å². The van der Waals surface area contributed by atoms with Crippen LogP contribution >= 0.6 is 30.9 Å². The summed E-state index contributed by atoms with van der Waals surface area (Å²) in [6.45, 7) is 11.7. The van der Waals surface area contributed by atoms with E-state index in [-0.39, 0.29) is 46.0 Å². The van der Waals surface area contributed by atoms with Crippen LogP contribution in [0.2, 0.25) is 5.02 Å². The maximum Gasteiger partial charge on any atom is 0.338 e. The van der Waals surface area contributed by atoms with E-state index in [1.54, 1.807) is 28.6 Å². The SMILES string of the molecule is Cc1c(C(=O)O)c(-c2cccc(N3CCN(c4ccc(N5CCO[P@]5(=O)c5ccc(C[C@H](CCN6CCC(C(=O)O)CC6)CSc6ccccc6)c([N+](=O)[O-])c5)cc4)CC3)c2)c(-c2ccc(Cl)cc2)n1C(C)C. The summed E-state index contributed by atoms with van der Waals surface area (Å²) in [5.41, 5.74) is 7.47. The normalized spacial score (nSPS) is 18.1. The van der Waals surface area contributed by atoms with Gasteiger partial charge >= 0.3 is 19.5 Å². The second kappa shape index (κ2) is 22.6. The molecule has 0 unspecified atom stereocenters. The third-order valence-electron chi connectivity index (χ3n) is 14.6. The number of aromatic nitrogens is 1. The molecule has 6 aromatic rings. The van der Waals surface area contributed by atoms with Gasteiger partial charge in [0.2, 0.25) is 0 Å². The van der Waals surface area contributed by atoms with Gasteiger partial charge in [0.25, 0.3) is 5.69 Å². The highest BCUT2D eigenvalue weighted by Crippen LogP contribution is 2.56. The molecule has 4 heterocycles. The van der Waals surface area contributed by atoms with Crippen molar-refractivity contribution in [2.75, 3.05) is 79.2 Å². The highest BCUT2D eigenvalue weighted by Gasteiger charge is 2.41. The molecule has 73 heavy (non-hydrogen) atoms. The minimum Gasteiger partial charge on any atom is -0.481 e. The molecule has 5 aromatic carbocycles. The third-order valence-corrected chi connectivity index (χ3v) is 18.6. The molecule has 0 spiro atoms. The van der Waals surface area contributed by atoms with Gasteiger partial charge in [0.05, 0.1) is 40.6 Å².